The highest BCUT2D eigenvalue weighted by Crippen LogP contribution is 2.15. The highest BCUT2D eigenvalue weighted by Gasteiger charge is 2.09. The molecule has 1 aromatic carbocycles. The van der Waals surface area contributed by atoms with Crippen molar-refractivity contribution in [2.75, 3.05) is 20.6 Å². The first-order valence-electron chi connectivity index (χ1n) is 4.03. The molecule has 2 nitrogen and oxygen atoms in total. The molecule has 0 spiro atoms. The van der Waals surface area contributed by atoms with Crippen LogP contribution in [-0.4, -0.2) is 31.3 Å². The Balaban J connectivity index is 0.00000169. The van der Waals surface area contributed by atoms with Crippen LogP contribution in [0.1, 0.15) is 10.4 Å². The van der Waals surface area contributed by atoms with Gasteiger partial charge in [-0.3, -0.25) is 4.79 Å². The number of Topliss-reactive ketones (excluding diaryl/α,β-unsaturated/α-hetero) is 1. The van der Waals surface area contributed by atoms with Crippen LogP contribution in [0.3, 0.4) is 0 Å². The molecular formula is C10H13Cl2NO. The maximum atomic E-state index is 11.5. The van der Waals surface area contributed by atoms with Crippen LogP contribution in [0.5, 0.6) is 0 Å². The van der Waals surface area contributed by atoms with E-state index in [1.807, 2.05) is 31.1 Å². The van der Waals surface area contributed by atoms with Crippen molar-refractivity contribution in [3.8, 4) is 0 Å². The molecule has 0 fully saturated rings. The Kier molecular flexibility index (Phi) is 5.77. The lowest BCUT2D eigenvalue weighted by Crippen LogP contribution is -2.21. The molecule has 0 atom stereocenters. The molecule has 0 aliphatic carbocycles. The van der Waals surface area contributed by atoms with Gasteiger partial charge >= 0.3 is 0 Å². The lowest BCUT2D eigenvalue weighted by atomic mass is 10.1. The molecule has 4 heteroatoms. The van der Waals surface area contributed by atoms with Gasteiger partial charge in [-0.1, -0.05) is 23.7 Å². The lowest BCUT2D eigenvalue weighted by Gasteiger charge is -2.08. The molecule has 1 aromatic rings. The first-order chi connectivity index (χ1) is 6.11. The molecule has 0 N–H and O–H groups in total. The van der Waals surface area contributed by atoms with Gasteiger partial charge in [0.2, 0.25) is 0 Å². The van der Waals surface area contributed by atoms with Gasteiger partial charge in [0.05, 0.1) is 11.6 Å². The summed E-state index contributed by atoms with van der Waals surface area (Å²) in [6.07, 6.45) is 0. The smallest absolute Gasteiger partial charge is 0.178 e. The lowest BCUT2D eigenvalue weighted by molar-refractivity contribution is 0.0958. The van der Waals surface area contributed by atoms with E-state index in [-0.39, 0.29) is 18.2 Å². The van der Waals surface area contributed by atoms with E-state index in [1.165, 1.54) is 0 Å². The molecule has 78 valence electrons. The summed E-state index contributed by atoms with van der Waals surface area (Å²) in [4.78, 5) is 13.4. The van der Waals surface area contributed by atoms with Gasteiger partial charge in [0.25, 0.3) is 0 Å². The van der Waals surface area contributed by atoms with Gasteiger partial charge in [0.1, 0.15) is 0 Å². The van der Waals surface area contributed by atoms with Crippen molar-refractivity contribution in [2.45, 2.75) is 0 Å². The second-order valence-electron chi connectivity index (χ2n) is 3.14. The van der Waals surface area contributed by atoms with Crippen LogP contribution in [0.15, 0.2) is 24.3 Å². The van der Waals surface area contributed by atoms with E-state index in [4.69, 9.17) is 11.6 Å². The minimum atomic E-state index is 0. The van der Waals surface area contributed by atoms with Crippen LogP contribution in [0.25, 0.3) is 0 Å². The van der Waals surface area contributed by atoms with Crippen molar-refractivity contribution in [3.63, 3.8) is 0 Å². The summed E-state index contributed by atoms with van der Waals surface area (Å²) >= 11 is 5.86. The van der Waals surface area contributed by atoms with Gasteiger partial charge in [0, 0.05) is 5.56 Å². The fourth-order valence-corrected chi connectivity index (χ4v) is 1.30. The van der Waals surface area contributed by atoms with Crippen LogP contribution in [0, 0.1) is 0 Å². The van der Waals surface area contributed by atoms with Gasteiger partial charge in [0.15, 0.2) is 5.78 Å². The Hall–Kier alpha value is -0.570. The second kappa shape index (κ2) is 6.02. The van der Waals surface area contributed by atoms with Crippen molar-refractivity contribution in [3.05, 3.63) is 34.9 Å². The van der Waals surface area contributed by atoms with Crippen LogP contribution < -0.4 is 0 Å². The average Bonchev–Trinajstić information content (AvgIpc) is 2.03. The van der Waals surface area contributed by atoms with Crippen LogP contribution in [0.4, 0.5) is 0 Å². The number of benzene rings is 1. The maximum Gasteiger partial charge on any atom is 0.178 e. The minimum absolute atomic E-state index is 0. The number of carbonyl (C=O) groups is 1. The first kappa shape index (κ1) is 13.4. The summed E-state index contributed by atoms with van der Waals surface area (Å²) in [6.45, 7) is 0.393. The Labute approximate surface area is 95.3 Å². The van der Waals surface area contributed by atoms with E-state index in [0.29, 0.717) is 17.1 Å². The Morgan fingerprint density at radius 3 is 2.43 bits per heavy atom. The number of hydrogen-bond acceptors (Lipinski definition) is 2. The molecule has 0 heterocycles. The molecule has 0 amide bonds. The highest BCUT2D eigenvalue weighted by atomic mass is 35.5. The van der Waals surface area contributed by atoms with Crippen molar-refractivity contribution in [1.29, 1.82) is 0 Å². The molecule has 0 saturated carbocycles. The fraction of sp³-hybridized carbons (Fsp3) is 0.300. The molecule has 0 aliphatic rings. The zero-order chi connectivity index (χ0) is 9.84. The number of hydrogen-bond donors (Lipinski definition) is 0. The number of nitrogens with zero attached hydrogens (tertiary/aromatic N) is 1. The number of carbonyl (C=O) groups excluding carboxylic acids is 1. The van der Waals surface area contributed by atoms with Gasteiger partial charge in [-0.25, -0.2) is 0 Å². The van der Waals surface area contributed by atoms with E-state index in [9.17, 15) is 4.79 Å². The first-order valence-corrected chi connectivity index (χ1v) is 4.41. The molecule has 14 heavy (non-hydrogen) atoms. The summed E-state index contributed by atoms with van der Waals surface area (Å²) < 4.78 is 0. The van der Waals surface area contributed by atoms with Gasteiger partial charge in [-0.15, -0.1) is 12.4 Å². The van der Waals surface area contributed by atoms with E-state index >= 15 is 0 Å². The normalized spacial score (nSPS) is 9.71. The molecule has 0 aromatic heterocycles. The van der Waals surface area contributed by atoms with E-state index in [1.54, 1.807) is 12.1 Å². The number of halogens is 2. The zero-order valence-corrected chi connectivity index (χ0v) is 9.73. The van der Waals surface area contributed by atoms with Crippen molar-refractivity contribution in [2.24, 2.45) is 0 Å². The van der Waals surface area contributed by atoms with Crippen molar-refractivity contribution < 1.29 is 4.79 Å². The third kappa shape index (κ3) is 3.66. The largest absolute Gasteiger partial charge is 0.302 e. The third-order valence-corrected chi connectivity index (χ3v) is 1.96. The zero-order valence-electron chi connectivity index (χ0n) is 8.16. The Morgan fingerprint density at radius 2 is 1.93 bits per heavy atom. The SMILES string of the molecule is CN(C)CC(=O)c1ccccc1Cl.Cl. The van der Waals surface area contributed by atoms with Crippen LogP contribution in [-0.2, 0) is 0 Å². The standard InChI is InChI=1S/C10H12ClNO.ClH/c1-12(2)7-10(13)8-5-3-4-6-9(8)11;/h3-6H,7H2,1-2H3;1H. The monoisotopic (exact) mass is 233 g/mol. The highest BCUT2D eigenvalue weighted by molar-refractivity contribution is 6.34. The van der Waals surface area contributed by atoms with Crippen LogP contribution in [0.2, 0.25) is 5.02 Å². The average molecular weight is 234 g/mol. The number of likely N-dealkylation sites (N-methyl/N-ethyl adjacent to an activating group) is 1. The number of ketones is 1. The minimum Gasteiger partial charge on any atom is -0.302 e. The van der Waals surface area contributed by atoms with Crippen LogP contribution >= 0.6 is 24.0 Å². The van der Waals surface area contributed by atoms with Crippen molar-refractivity contribution in [1.82, 2.24) is 4.90 Å². The molecule has 0 aliphatic heterocycles. The maximum absolute atomic E-state index is 11.5. The Morgan fingerprint density at radius 1 is 1.36 bits per heavy atom. The quantitative estimate of drug-likeness (QED) is 0.749. The number of rotatable bonds is 3. The summed E-state index contributed by atoms with van der Waals surface area (Å²) in [5, 5.41) is 0.523. The van der Waals surface area contributed by atoms with E-state index in [2.05, 4.69) is 0 Å². The summed E-state index contributed by atoms with van der Waals surface area (Å²) in [7, 11) is 3.71. The van der Waals surface area contributed by atoms with E-state index < -0.39 is 0 Å². The third-order valence-electron chi connectivity index (χ3n) is 1.63. The molecule has 0 bridgehead atoms. The summed E-state index contributed by atoms with van der Waals surface area (Å²) in [5.74, 6) is 0.0515. The summed E-state index contributed by atoms with van der Waals surface area (Å²) in [5.41, 5.74) is 0.595. The predicted molar refractivity (Wildman–Crippen MR) is 61.6 cm³/mol. The Bertz CT molecular complexity index is 313. The topological polar surface area (TPSA) is 20.3 Å². The van der Waals surface area contributed by atoms with Crippen molar-refractivity contribution >= 4 is 29.8 Å². The molecular weight excluding hydrogens is 221 g/mol. The summed E-state index contributed by atoms with van der Waals surface area (Å²) in [6, 6.07) is 7.10. The molecule has 0 radical (unpaired) electrons. The molecule has 1 rings (SSSR count). The van der Waals surface area contributed by atoms with Gasteiger partial charge < -0.3 is 4.90 Å². The van der Waals surface area contributed by atoms with Gasteiger partial charge in [-0.2, -0.15) is 0 Å². The van der Waals surface area contributed by atoms with Gasteiger partial charge in [-0.05, 0) is 26.2 Å². The fourth-order valence-electron chi connectivity index (χ4n) is 1.06. The molecule has 0 saturated heterocycles. The molecule has 0 unspecified atom stereocenters. The van der Waals surface area contributed by atoms with E-state index in [0.717, 1.165) is 0 Å². The second-order valence-corrected chi connectivity index (χ2v) is 3.55. The predicted octanol–water partition coefficient (Wildman–Crippen LogP) is 2.51.